The largest absolute Gasteiger partial charge is 0.512 e. The zero-order valence-corrected chi connectivity index (χ0v) is 35.9. The van der Waals surface area contributed by atoms with Gasteiger partial charge in [-0.15, -0.1) is 29.1 Å². The van der Waals surface area contributed by atoms with Crippen molar-refractivity contribution in [3.8, 4) is 22.4 Å². The van der Waals surface area contributed by atoms with Crippen LogP contribution in [-0.4, -0.2) is 15.9 Å². The Bertz CT molecular complexity index is 1910. The van der Waals surface area contributed by atoms with Crippen LogP contribution in [0.2, 0.25) is 0 Å². The molecule has 1 radical (unpaired) electrons. The van der Waals surface area contributed by atoms with E-state index in [2.05, 4.69) is 51.7 Å². The number of aliphatic hydroxyl groups excluding tert-OH is 1. The van der Waals surface area contributed by atoms with Crippen LogP contribution in [-0.2, 0) is 36.5 Å². The predicted octanol–water partition coefficient (Wildman–Crippen LogP) is 14.2. The average molecular weight is 920 g/mol. The third kappa shape index (κ3) is 11.4. The van der Waals surface area contributed by atoms with Crippen molar-refractivity contribution in [2.75, 3.05) is 0 Å². The van der Waals surface area contributed by atoms with Gasteiger partial charge in [0.15, 0.2) is 5.78 Å². The number of allylic oxidation sites excluding steroid dienone is 2. The zero-order valence-electron chi connectivity index (χ0n) is 34.5. The number of hydrogen-bond donors (Lipinski definition) is 1. The van der Waals surface area contributed by atoms with Crippen molar-refractivity contribution >= 4 is 16.6 Å². The van der Waals surface area contributed by atoms with Crippen LogP contribution in [0.5, 0.6) is 0 Å². The maximum atomic E-state index is 14.1. The number of nitrogens with zero attached hydrogens (tertiary/aromatic N) is 1. The van der Waals surface area contributed by atoms with Gasteiger partial charge in [0.2, 0.25) is 0 Å². The second-order valence-corrected chi connectivity index (χ2v) is 16.3. The van der Waals surface area contributed by atoms with Gasteiger partial charge in [0.05, 0.1) is 11.3 Å². The molecule has 1 N–H and O–H groups in total. The number of aliphatic hydroxyl groups is 1. The van der Waals surface area contributed by atoms with Crippen molar-refractivity contribution < 1.29 is 44.5 Å². The van der Waals surface area contributed by atoms with Gasteiger partial charge >= 0.3 is 6.18 Å². The van der Waals surface area contributed by atoms with Gasteiger partial charge in [-0.3, -0.25) is 9.78 Å². The molecule has 7 heteroatoms. The number of ketones is 1. The molecule has 0 unspecified atom stereocenters. The van der Waals surface area contributed by atoms with E-state index < -0.39 is 17.6 Å². The van der Waals surface area contributed by atoms with Gasteiger partial charge in [-0.25, -0.2) is 0 Å². The second-order valence-electron chi connectivity index (χ2n) is 16.3. The fraction of sp³-hybridized carbons (Fsp3) is 0.489. The summed E-state index contributed by atoms with van der Waals surface area (Å²) < 4.78 is 51.4. The second kappa shape index (κ2) is 19.0. The first-order valence-electron chi connectivity index (χ1n) is 19.8. The Kier molecular flexibility index (Phi) is 15.3. The fourth-order valence-electron chi connectivity index (χ4n) is 7.24. The fourth-order valence-corrected chi connectivity index (χ4v) is 7.24. The number of hydrogen-bond acceptors (Lipinski definition) is 3. The molecule has 1 aliphatic carbocycles. The number of benzene rings is 3. The van der Waals surface area contributed by atoms with E-state index in [1.807, 2.05) is 64.1 Å². The Hall–Kier alpha value is -3.28. The van der Waals surface area contributed by atoms with Gasteiger partial charge in [0.1, 0.15) is 0 Å². The molecule has 54 heavy (non-hydrogen) atoms. The van der Waals surface area contributed by atoms with Gasteiger partial charge in [-0.1, -0.05) is 122 Å². The van der Waals surface area contributed by atoms with Crippen LogP contribution in [0, 0.1) is 23.3 Å². The number of alkyl halides is 3. The molecule has 4 aromatic rings. The molecular formula is C47H59F3IrNO2-. The topological polar surface area (TPSA) is 50.2 Å². The molecule has 0 saturated heterocycles. The normalized spacial score (nSPS) is 16.0. The summed E-state index contributed by atoms with van der Waals surface area (Å²) in [5.74, 6) is -0.153. The summed E-state index contributed by atoms with van der Waals surface area (Å²) >= 11 is 0. The molecule has 5 rings (SSSR count). The first-order chi connectivity index (χ1) is 25.3. The van der Waals surface area contributed by atoms with Crippen LogP contribution in [0.3, 0.4) is 0 Å². The van der Waals surface area contributed by atoms with E-state index in [0.717, 1.165) is 79.5 Å². The minimum Gasteiger partial charge on any atom is -0.512 e. The molecule has 0 spiro atoms. The smallest absolute Gasteiger partial charge is 0.418 e. The molecule has 3 nitrogen and oxygen atoms in total. The Labute approximate surface area is 337 Å². The van der Waals surface area contributed by atoms with E-state index >= 15 is 0 Å². The zero-order chi connectivity index (χ0) is 40.1. The van der Waals surface area contributed by atoms with Gasteiger partial charge in [0, 0.05) is 51.3 Å². The van der Waals surface area contributed by atoms with Crippen LogP contribution in [0.15, 0.2) is 78.7 Å². The van der Waals surface area contributed by atoms with E-state index in [-0.39, 0.29) is 59.9 Å². The number of pyridine rings is 1. The minimum absolute atomic E-state index is 0. The number of carbonyl (C=O) groups is 1. The molecule has 3 aromatic carbocycles. The standard InChI is InChI=1S/C34H35F3N.C13H24O2.Ir/c1-32(2,3)29-19-26(18-25-8-6-7-9-27(25)29)31-20-28(30(21-38-31)34(35,36)37)24-12-10-22(11-13-24)23-14-16-33(4,5)17-15-23;1-5-10(6-2)12(14)9-13(15)11(7-3)8-4;/h6-13,19-21,23H,14-17H2,1-5H3;9-11,14H,5-8H2,1-4H3;/q-1;;/b;12-9-;/i23D;;. The molecule has 0 aliphatic heterocycles. The van der Waals surface area contributed by atoms with Crippen molar-refractivity contribution in [1.82, 2.24) is 4.98 Å². The minimum atomic E-state index is -4.55. The number of carbonyl (C=O) groups excluding carboxylic acids is 1. The van der Waals surface area contributed by atoms with E-state index in [0.29, 0.717) is 16.8 Å². The first-order valence-corrected chi connectivity index (χ1v) is 19.3. The maximum Gasteiger partial charge on any atom is 0.418 e. The number of fused-ring (bicyclic) bond motifs is 1. The number of halogens is 3. The van der Waals surface area contributed by atoms with Gasteiger partial charge in [0.25, 0.3) is 0 Å². The molecule has 0 amide bonds. The first kappa shape index (κ1) is 43.4. The summed E-state index contributed by atoms with van der Waals surface area (Å²) in [6, 6.07) is 22.0. The van der Waals surface area contributed by atoms with E-state index in [9.17, 15) is 23.1 Å². The molecule has 0 atom stereocenters. The Morgan fingerprint density at radius 1 is 0.926 bits per heavy atom. The van der Waals surface area contributed by atoms with Crippen molar-refractivity contribution in [3.05, 3.63) is 101 Å². The molecule has 1 saturated carbocycles. The van der Waals surface area contributed by atoms with Crippen molar-refractivity contribution in [1.29, 1.82) is 0 Å². The summed E-state index contributed by atoms with van der Waals surface area (Å²) in [6.45, 7) is 18.9. The van der Waals surface area contributed by atoms with Crippen LogP contribution in [0.25, 0.3) is 33.2 Å². The molecule has 1 aliphatic rings. The van der Waals surface area contributed by atoms with Crippen LogP contribution in [0.4, 0.5) is 13.2 Å². The van der Waals surface area contributed by atoms with Crippen molar-refractivity contribution in [3.63, 3.8) is 0 Å². The third-order valence-electron chi connectivity index (χ3n) is 11.0. The number of rotatable bonds is 10. The summed E-state index contributed by atoms with van der Waals surface area (Å²) in [7, 11) is 0. The van der Waals surface area contributed by atoms with Crippen LogP contribution < -0.4 is 0 Å². The van der Waals surface area contributed by atoms with E-state index in [4.69, 9.17) is 1.37 Å². The monoisotopic (exact) mass is 920 g/mol. The molecule has 0 bridgehead atoms. The van der Waals surface area contributed by atoms with Crippen molar-refractivity contribution in [2.45, 2.75) is 131 Å². The molecule has 295 valence electrons. The maximum absolute atomic E-state index is 14.1. The van der Waals surface area contributed by atoms with E-state index in [1.54, 1.807) is 12.1 Å². The van der Waals surface area contributed by atoms with Crippen molar-refractivity contribution in [2.24, 2.45) is 17.3 Å². The molecule has 1 heterocycles. The van der Waals surface area contributed by atoms with Gasteiger partial charge in [-0.05, 0) is 84.8 Å². The summed E-state index contributed by atoms with van der Waals surface area (Å²) in [6.07, 6.45) is 4.72. The van der Waals surface area contributed by atoms with E-state index in [1.165, 1.54) is 12.1 Å². The Morgan fingerprint density at radius 2 is 1.50 bits per heavy atom. The Balaban J connectivity index is 0.000000433. The predicted molar refractivity (Wildman–Crippen MR) is 214 cm³/mol. The molecular weight excluding hydrogens is 860 g/mol. The molecule has 1 fully saturated rings. The SMILES string of the molecule is CCC(CC)C(=O)/C=C(\O)C(CC)CC.[2H]C1(c2ccc(-c3cc(-c4[c-]c5ccccc5c(C(C)(C)C)c4)ncc3C(F)(F)F)cc2)CCC(C)(C)CC1.[Ir]. The number of aromatic nitrogens is 1. The third-order valence-corrected chi connectivity index (χ3v) is 11.0. The van der Waals surface area contributed by atoms with Gasteiger partial charge < -0.3 is 5.11 Å². The summed E-state index contributed by atoms with van der Waals surface area (Å²) in [5.41, 5.74) is 2.91. The molecule has 1 aromatic heterocycles. The van der Waals surface area contributed by atoms with Gasteiger partial charge in [-0.2, -0.15) is 13.2 Å². The van der Waals surface area contributed by atoms with Crippen LogP contribution in [0.1, 0.15) is 138 Å². The summed E-state index contributed by atoms with van der Waals surface area (Å²) in [4.78, 5) is 16.0. The van der Waals surface area contributed by atoms with Crippen LogP contribution >= 0.6 is 0 Å². The Morgan fingerprint density at radius 3 is 2.04 bits per heavy atom. The average Bonchev–Trinajstić information content (AvgIpc) is 3.13. The quantitative estimate of drug-likeness (QED) is 0.0979. The summed E-state index contributed by atoms with van der Waals surface area (Å²) in [5, 5.41) is 11.7.